The number of methoxy groups -OCH3 is 1. The van der Waals surface area contributed by atoms with Crippen LogP contribution in [0.4, 0.5) is 0 Å². The van der Waals surface area contributed by atoms with Gasteiger partial charge in [0.15, 0.2) is 0 Å². The largest absolute Gasteiger partial charge is 0.466 e. The fourth-order valence-corrected chi connectivity index (χ4v) is 4.83. The van der Waals surface area contributed by atoms with Crippen molar-refractivity contribution in [2.24, 2.45) is 0 Å². The van der Waals surface area contributed by atoms with Crippen molar-refractivity contribution in [1.82, 2.24) is 0 Å². The first kappa shape index (κ1) is 14.7. The lowest BCUT2D eigenvalue weighted by atomic mass is 10.3. The van der Waals surface area contributed by atoms with Crippen LogP contribution < -0.4 is 5.19 Å². The highest BCUT2D eigenvalue weighted by molar-refractivity contribution is 6.95. The summed E-state index contributed by atoms with van der Waals surface area (Å²) in [6, 6.07) is 10.5. The average Bonchev–Trinajstić information content (AvgIpc) is 2.39. The molecule has 0 heterocycles. The molecule has 1 aromatic carbocycles. The van der Waals surface area contributed by atoms with Gasteiger partial charge in [-0.2, -0.15) is 0 Å². The van der Waals surface area contributed by atoms with Crippen molar-refractivity contribution in [3.05, 3.63) is 41.6 Å². The van der Waals surface area contributed by atoms with Gasteiger partial charge in [0.25, 0.3) is 0 Å². The van der Waals surface area contributed by atoms with Crippen molar-refractivity contribution in [3.8, 4) is 0 Å². The van der Waals surface area contributed by atoms with Gasteiger partial charge in [0, 0.05) is 6.08 Å². The molecule has 18 heavy (non-hydrogen) atoms. The number of carbonyl (C=O) groups excluding carboxylic acids is 1. The predicted octanol–water partition coefficient (Wildman–Crippen LogP) is 3.04. The topological polar surface area (TPSA) is 26.3 Å². The smallest absolute Gasteiger partial charge is 0.330 e. The Labute approximate surface area is 111 Å². The number of carbonyl (C=O) groups is 1. The molecule has 0 atom stereocenters. The van der Waals surface area contributed by atoms with Crippen LogP contribution in [-0.2, 0) is 9.53 Å². The van der Waals surface area contributed by atoms with Gasteiger partial charge in [-0.05, 0) is 6.42 Å². The maximum atomic E-state index is 11.5. The molecule has 3 heteroatoms. The second-order valence-electron chi connectivity index (χ2n) is 4.93. The molecule has 1 rings (SSSR count). The summed E-state index contributed by atoms with van der Waals surface area (Å²) < 4.78 is 4.76. The average molecular weight is 262 g/mol. The summed E-state index contributed by atoms with van der Waals surface area (Å²) in [7, 11) is -0.319. The molecule has 0 saturated carbocycles. The van der Waals surface area contributed by atoms with Gasteiger partial charge >= 0.3 is 5.97 Å². The van der Waals surface area contributed by atoms with Crippen LogP contribution in [0.3, 0.4) is 0 Å². The number of hydrogen-bond acceptors (Lipinski definition) is 2. The molecule has 0 aliphatic heterocycles. The molecule has 0 spiro atoms. The Morgan fingerprint density at radius 3 is 2.39 bits per heavy atom. The van der Waals surface area contributed by atoms with Crippen molar-refractivity contribution < 1.29 is 9.53 Å². The minimum absolute atomic E-state index is 0.241. The summed E-state index contributed by atoms with van der Waals surface area (Å²) in [5.74, 6) is -0.241. The molecule has 0 aliphatic rings. The van der Waals surface area contributed by atoms with Gasteiger partial charge in [-0.3, -0.25) is 0 Å². The molecule has 98 valence electrons. The Morgan fingerprint density at radius 1 is 1.28 bits per heavy atom. The van der Waals surface area contributed by atoms with E-state index in [1.54, 1.807) is 6.08 Å². The lowest BCUT2D eigenvalue weighted by Crippen LogP contribution is -2.44. The van der Waals surface area contributed by atoms with E-state index in [4.69, 9.17) is 4.74 Å². The van der Waals surface area contributed by atoms with Crippen molar-refractivity contribution in [1.29, 1.82) is 0 Å². The Kier molecular flexibility index (Phi) is 5.35. The summed E-state index contributed by atoms with van der Waals surface area (Å²) >= 11 is 0. The number of hydrogen-bond donors (Lipinski definition) is 0. The van der Waals surface area contributed by atoms with Gasteiger partial charge in [0.2, 0.25) is 0 Å². The van der Waals surface area contributed by atoms with Gasteiger partial charge in [-0.25, -0.2) is 4.79 Å². The summed E-state index contributed by atoms with van der Waals surface area (Å²) in [6.45, 7) is 6.71. The quantitative estimate of drug-likeness (QED) is 0.463. The minimum atomic E-state index is -1.75. The first-order valence-electron chi connectivity index (χ1n) is 6.37. The first-order valence-corrected chi connectivity index (χ1v) is 9.37. The van der Waals surface area contributed by atoms with E-state index in [-0.39, 0.29) is 5.97 Å². The van der Waals surface area contributed by atoms with Crippen LogP contribution in [0.5, 0.6) is 0 Å². The molecular formula is C15H22O2Si. The van der Waals surface area contributed by atoms with E-state index in [1.165, 1.54) is 17.5 Å². The van der Waals surface area contributed by atoms with E-state index in [0.29, 0.717) is 0 Å². The molecule has 1 aromatic rings. The zero-order chi connectivity index (χ0) is 13.6. The molecule has 0 aliphatic carbocycles. The summed E-state index contributed by atoms with van der Waals surface area (Å²) in [4.78, 5) is 11.5. The third kappa shape index (κ3) is 3.57. The normalized spacial score (nSPS) is 12.3. The molecule has 2 nitrogen and oxygen atoms in total. The molecule has 0 unspecified atom stereocenters. The highest BCUT2D eigenvalue weighted by Crippen LogP contribution is 2.20. The third-order valence-electron chi connectivity index (χ3n) is 3.31. The number of benzene rings is 1. The first-order chi connectivity index (χ1) is 8.52. The van der Waals surface area contributed by atoms with Gasteiger partial charge in [-0.1, -0.05) is 67.2 Å². The van der Waals surface area contributed by atoms with E-state index >= 15 is 0 Å². The summed E-state index contributed by atoms with van der Waals surface area (Å²) in [6.07, 6.45) is 3.71. The van der Waals surface area contributed by atoms with E-state index < -0.39 is 8.07 Å². The lowest BCUT2D eigenvalue weighted by molar-refractivity contribution is -0.134. The van der Waals surface area contributed by atoms with E-state index in [9.17, 15) is 4.79 Å². The van der Waals surface area contributed by atoms with Crippen LogP contribution in [0.2, 0.25) is 13.1 Å². The molecule has 0 amide bonds. The Balaban J connectivity index is 3.12. The predicted molar refractivity (Wildman–Crippen MR) is 78.6 cm³/mol. The zero-order valence-corrected chi connectivity index (χ0v) is 12.7. The molecule has 0 fully saturated rings. The van der Waals surface area contributed by atoms with Crippen LogP contribution in [0.25, 0.3) is 0 Å². The number of esters is 1. The molecule has 0 N–H and O–H groups in total. The Hall–Kier alpha value is -1.35. The van der Waals surface area contributed by atoms with Crippen molar-refractivity contribution in [3.63, 3.8) is 0 Å². The van der Waals surface area contributed by atoms with Crippen LogP contribution in [0, 0.1) is 0 Å². The lowest BCUT2D eigenvalue weighted by Gasteiger charge is -2.26. The molecular weight excluding hydrogens is 240 g/mol. The van der Waals surface area contributed by atoms with Gasteiger partial charge in [0.05, 0.1) is 7.11 Å². The molecule has 0 bridgehead atoms. The number of ether oxygens (including phenoxy) is 1. The number of rotatable bonds is 5. The highest BCUT2D eigenvalue weighted by Gasteiger charge is 2.28. The second kappa shape index (κ2) is 6.54. The molecule has 0 saturated heterocycles. The third-order valence-corrected chi connectivity index (χ3v) is 7.09. The van der Waals surface area contributed by atoms with Crippen LogP contribution in [0.15, 0.2) is 41.6 Å². The number of allylic oxidation sites excluding steroid dienone is 1. The second-order valence-corrected chi connectivity index (χ2v) is 9.40. The van der Waals surface area contributed by atoms with Crippen LogP contribution in [0.1, 0.15) is 19.8 Å². The van der Waals surface area contributed by atoms with Gasteiger partial charge < -0.3 is 4.74 Å². The SMILES string of the molecule is CCC/C(=C\C(=O)OC)[Si](C)(C)c1ccccc1. The fraction of sp³-hybridized carbons (Fsp3) is 0.400. The van der Waals surface area contributed by atoms with E-state index in [1.807, 2.05) is 6.07 Å². The van der Waals surface area contributed by atoms with Crippen LogP contribution >= 0.6 is 0 Å². The van der Waals surface area contributed by atoms with E-state index in [0.717, 1.165) is 12.8 Å². The molecule has 0 radical (unpaired) electrons. The van der Waals surface area contributed by atoms with Crippen molar-refractivity contribution in [2.75, 3.05) is 7.11 Å². The Bertz CT molecular complexity index is 421. The van der Waals surface area contributed by atoms with Crippen LogP contribution in [-0.4, -0.2) is 21.2 Å². The summed E-state index contributed by atoms with van der Waals surface area (Å²) in [5, 5.41) is 2.61. The fourth-order valence-electron chi connectivity index (χ4n) is 2.08. The molecule has 0 aromatic heterocycles. The summed E-state index contributed by atoms with van der Waals surface area (Å²) in [5.41, 5.74) is 0. The Morgan fingerprint density at radius 2 is 1.89 bits per heavy atom. The highest BCUT2D eigenvalue weighted by atomic mass is 28.3. The maximum Gasteiger partial charge on any atom is 0.330 e. The van der Waals surface area contributed by atoms with Crippen molar-refractivity contribution in [2.45, 2.75) is 32.9 Å². The maximum absolute atomic E-state index is 11.5. The monoisotopic (exact) mass is 262 g/mol. The zero-order valence-electron chi connectivity index (χ0n) is 11.7. The van der Waals surface area contributed by atoms with Crippen molar-refractivity contribution >= 4 is 19.2 Å². The minimum Gasteiger partial charge on any atom is -0.466 e. The van der Waals surface area contributed by atoms with Gasteiger partial charge in [0.1, 0.15) is 8.07 Å². The van der Waals surface area contributed by atoms with E-state index in [2.05, 4.69) is 44.3 Å². The van der Waals surface area contributed by atoms with Gasteiger partial charge in [-0.15, -0.1) is 0 Å². The standard InChI is InChI=1S/C15H22O2Si/c1-5-9-14(12-15(16)17-2)18(3,4)13-10-7-6-8-11-13/h6-8,10-12H,5,9H2,1-4H3/b14-12+.